The Kier molecular flexibility index (Phi) is 5.88. The van der Waals surface area contributed by atoms with Crippen LogP contribution in [0.25, 0.3) is 10.9 Å². The van der Waals surface area contributed by atoms with Crippen LogP contribution in [-0.2, 0) is 16.0 Å². The molecule has 2 heterocycles. The van der Waals surface area contributed by atoms with Gasteiger partial charge in [-0.15, -0.1) is 0 Å². The lowest BCUT2D eigenvalue weighted by Crippen LogP contribution is -2.38. The van der Waals surface area contributed by atoms with E-state index in [4.69, 9.17) is 9.47 Å². The van der Waals surface area contributed by atoms with Crippen molar-refractivity contribution in [3.63, 3.8) is 0 Å². The SMILES string of the molecule is COC1=CCC(C(=O)c2c(C)n(CCN3CCOCC3)c3cc(C)ccc23)=CC1. The van der Waals surface area contributed by atoms with Crippen LogP contribution in [0.5, 0.6) is 0 Å². The Morgan fingerprint density at radius 1 is 1.10 bits per heavy atom. The molecule has 2 aliphatic rings. The molecule has 1 saturated heterocycles. The summed E-state index contributed by atoms with van der Waals surface area (Å²) in [4.78, 5) is 15.9. The Labute approximate surface area is 172 Å². The summed E-state index contributed by atoms with van der Waals surface area (Å²) in [5, 5.41) is 1.06. The van der Waals surface area contributed by atoms with E-state index in [2.05, 4.69) is 41.5 Å². The van der Waals surface area contributed by atoms with Gasteiger partial charge in [-0.05, 0) is 38.0 Å². The molecule has 5 heteroatoms. The summed E-state index contributed by atoms with van der Waals surface area (Å²) >= 11 is 0. The number of aromatic nitrogens is 1. The molecule has 0 bridgehead atoms. The topological polar surface area (TPSA) is 43.7 Å². The first kappa shape index (κ1) is 19.9. The van der Waals surface area contributed by atoms with Gasteiger partial charge in [0.2, 0.25) is 0 Å². The summed E-state index contributed by atoms with van der Waals surface area (Å²) < 4.78 is 13.1. The molecular weight excluding hydrogens is 364 g/mol. The maximum absolute atomic E-state index is 13.5. The molecule has 29 heavy (non-hydrogen) atoms. The van der Waals surface area contributed by atoms with Crippen LogP contribution in [0.15, 0.2) is 41.7 Å². The number of hydrogen-bond donors (Lipinski definition) is 0. The van der Waals surface area contributed by atoms with Gasteiger partial charge >= 0.3 is 0 Å². The number of fused-ring (bicyclic) bond motifs is 1. The van der Waals surface area contributed by atoms with E-state index in [-0.39, 0.29) is 5.78 Å². The number of hydrogen-bond acceptors (Lipinski definition) is 4. The van der Waals surface area contributed by atoms with Crippen LogP contribution in [0.4, 0.5) is 0 Å². The van der Waals surface area contributed by atoms with Crippen LogP contribution in [0.3, 0.4) is 0 Å². The third-order valence-corrected chi connectivity index (χ3v) is 6.10. The molecule has 154 valence electrons. The van der Waals surface area contributed by atoms with Crippen molar-refractivity contribution in [3.05, 3.63) is 58.5 Å². The van der Waals surface area contributed by atoms with Crippen molar-refractivity contribution in [2.45, 2.75) is 33.2 Å². The number of ketones is 1. The molecule has 0 unspecified atom stereocenters. The van der Waals surface area contributed by atoms with Gasteiger partial charge in [0, 0.05) is 54.8 Å². The molecule has 1 aliphatic carbocycles. The Morgan fingerprint density at radius 2 is 1.90 bits per heavy atom. The van der Waals surface area contributed by atoms with Gasteiger partial charge in [0.05, 0.1) is 31.6 Å². The lowest BCUT2D eigenvalue weighted by atomic mass is 9.94. The maximum atomic E-state index is 13.5. The summed E-state index contributed by atoms with van der Waals surface area (Å²) in [5.41, 5.74) is 5.14. The number of allylic oxidation sites excluding steroid dienone is 3. The predicted molar refractivity (Wildman–Crippen MR) is 115 cm³/mol. The van der Waals surface area contributed by atoms with E-state index in [9.17, 15) is 4.79 Å². The van der Waals surface area contributed by atoms with Gasteiger partial charge in [0.25, 0.3) is 0 Å². The zero-order valence-corrected chi connectivity index (χ0v) is 17.7. The second-order valence-electron chi connectivity index (χ2n) is 7.93. The molecular formula is C24H30N2O3. The standard InChI is InChI=1S/C24H30N2O3/c1-17-4-9-21-22(16-17)26(11-10-25-12-14-29-15-13-25)18(2)23(21)24(27)19-5-7-20(28-3)8-6-19/h4-5,8-9,16H,6-7,10-15H2,1-3H3. The molecule has 0 saturated carbocycles. The van der Waals surface area contributed by atoms with E-state index in [0.29, 0.717) is 12.8 Å². The molecule has 4 rings (SSSR count). The molecule has 1 aliphatic heterocycles. The van der Waals surface area contributed by atoms with Crippen molar-refractivity contribution in [3.8, 4) is 0 Å². The molecule has 0 radical (unpaired) electrons. The van der Waals surface area contributed by atoms with Gasteiger partial charge in [-0.2, -0.15) is 0 Å². The van der Waals surface area contributed by atoms with E-state index >= 15 is 0 Å². The number of aryl methyl sites for hydroxylation is 1. The van der Waals surface area contributed by atoms with Gasteiger partial charge in [-0.1, -0.05) is 18.2 Å². The van der Waals surface area contributed by atoms with E-state index in [1.807, 2.05) is 12.2 Å². The number of nitrogens with zero attached hydrogens (tertiary/aromatic N) is 2. The van der Waals surface area contributed by atoms with Crippen molar-refractivity contribution in [2.24, 2.45) is 0 Å². The lowest BCUT2D eigenvalue weighted by Gasteiger charge is -2.27. The molecule has 5 nitrogen and oxygen atoms in total. The average molecular weight is 395 g/mol. The number of ether oxygens (including phenoxy) is 2. The number of rotatable bonds is 6. The fraction of sp³-hybridized carbons (Fsp3) is 0.458. The Bertz CT molecular complexity index is 978. The van der Waals surface area contributed by atoms with Crippen molar-refractivity contribution >= 4 is 16.7 Å². The highest BCUT2D eigenvalue weighted by atomic mass is 16.5. The number of benzene rings is 1. The maximum Gasteiger partial charge on any atom is 0.191 e. The Hall–Kier alpha value is -2.37. The minimum Gasteiger partial charge on any atom is -0.501 e. The summed E-state index contributed by atoms with van der Waals surface area (Å²) in [6, 6.07) is 6.41. The summed E-state index contributed by atoms with van der Waals surface area (Å²) in [6.45, 7) is 9.61. The largest absolute Gasteiger partial charge is 0.501 e. The summed E-state index contributed by atoms with van der Waals surface area (Å²) in [5.74, 6) is 1.08. The van der Waals surface area contributed by atoms with Crippen molar-refractivity contribution in [1.29, 1.82) is 0 Å². The van der Waals surface area contributed by atoms with E-state index in [1.54, 1.807) is 7.11 Å². The van der Waals surface area contributed by atoms with Crippen LogP contribution in [-0.4, -0.2) is 55.2 Å². The molecule has 0 amide bonds. The first-order chi connectivity index (χ1) is 14.1. The Balaban J connectivity index is 1.66. The quantitative estimate of drug-likeness (QED) is 0.694. The second-order valence-corrected chi connectivity index (χ2v) is 7.93. The van der Waals surface area contributed by atoms with Gasteiger partial charge in [0.1, 0.15) is 0 Å². The number of carbonyl (C=O) groups excluding carboxylic acids is 1. The number of morpholine rings is 1. The minimum absolute atomic E-state index is 0.146. The van der Waals surface area contributed by atoms with Gasteiger partial charge in [0.15, 0.2) is 5.78 Å². The molecule has 1 aromatic heterocycles. The highest BCUT2D eigenvalue weighted by Gasteiger charge is 2.24. The minimum atomic E-state index is 0.146. The first-order valence-corrected chi connectivity index (χ1v) is 10.4. The van der Waals surface area contributed by atoms with Crippen molar-refractivity contribution in [2.75, 3.05) is 40.0 Å². The molecule has 1 aromatic carbocycles. The second kappa shape index (κ2) is 8.56. The molecule has 2 aromatic rings. The van der Waals surface area contributed by atoms with E-state index in [1.165, 1.54) is 5.56 Å². The van der Waals surface area contributed by atoms with Crippen LogP contribution in [0, 0.1) is 13.8 Å². The Morgan fingerprint density at radius 3 is 2.59 bits per heavy atom. The number of carbonyl (C=O) groups is 1. The monoisotopic (exact) mass is 394 g/mol. The zero-order chi connectivity index (χ0) is 20.4. The smallest absolute Gasteiger partial charge is 0.191 e. The van der Waals surface area contributed by atoms with Gasteiger partial charge in [-0.25, -0.2) is 0 Å². The number of methoxy groups -OCH3 is 1. The fourth-order valence-corrected chi connectivity index (χ4v) is 4.35. The fourth-order valence-electron chi connectivity index (χ4n) is 4.35. The number of Topliss-reactive ketones (excluding diaryl/α,β-unsaturated/α-hetero) is 1. The van der Waals surface area contributed by atoms with Crippen LogP contribution in [0.1, 0.15) is 34.5 Å². The highest BCUT2D eigenvalue weighted by molar-refractivity contribution is 6.17. The summed E-state index contributed by atoms with van der Waals surface area (Å²) in [6.07, 6.45) is 5.36. The normalized spacial score (nSPS) is 17.9. The van der Waals surface area contributed by atoms with E-state index in [0.717, 1.165) is 72.9 Å². The zero-order valence-electron chi connectivity index (χ0n) is 17.7. The summed E-state index contributed by atoms with van der Waals surface area (Å²) in [7, 11) is 1.68. The lowest BCUT2D eigenvalue weighted by molar-refractivity contribution is 0.0365. The van der Waals surface area contributed by atoms with Crippen molar-refractivity contribution in [1.82, 2.24) is 9.47 Å². The molecule has 1 fully saturated rings. The third-order valence-electron chi connectivity index (χ3n) is 6.10. The molecule has 0 atom stereocenters. The van der Waals surface area contributed by atoms with Gasteiger partial charge < -0.3 is 14.0 Å². The van der Waals surface area contributed by atoms with Crippen LogP contribution >= 0.6 is 0 Å². The van der Waals surface area contributed by atoms with Crippen LogP contribution in [0.2, 0.25) is 0 Å². The predicted octanol–water partition coefficient (Wildman–Crippen LogP) is 4.02. The van der Waals surface area contributed by atoms with Gasteiger partial charge in [-0.3, -0.25) is 9.69 Å². The highest BCUT2D eigenvalue weighted by Crippen LogP contribution is 2.31. The first-order valence-electron chi connectivity index (χ1n) is 10.4. The van der Waals surface area contributed by atoms with Crippen LogP contribution < -0.4 is 0 Å². The molecule has 0 N–H and O–H groups in total. The average Bonchev–Trinajstić information content (AvgIpc) is 3.03. The van der Waals surface area contributed by atoms with E-state index < -0.39 is 0 Å². The third kappa shape index (κ3) is 4.02. The molecule has 0 spiro atoms. The van der Waals surface area contributed by atoms with Crippen molar-refractivity contribution < 1.29 is 14.3 Å².